The second-order valence-corrected chi connectivity index (χ2v) is 7.31. The van der Waals surface area contributed by atoms with Crippen LogP contribution in [-0.4, -0.2) is 26.4 Å². The van der Waals surface area contributed by atoms with Gasteiger partial charge in [-0.1, -0.05) is 48.0 Å². The minimum absolute atomic E-state index is 0.0293. The van der Waals surface area contributed by atoms with Crippen molar-refractivity contribution >= 4 is 29.3 Å². The molecule has 3 rings (SSSR count). The van der Waals surface area contributed by atoms with Crippen LogP contribution in [0.15, 0.2) is 29.4 Å². The molecule has 1 aliphatic rings. The number of hydrogen-bond acceptors (Lipinski definition) is 4. The highest BCUT2D eigenvalue weighted by Gasteiger charge is 2.17. The van der Waals surface area contributed by atoms with Gasteiger partial charge in [-0.15, -0.1) is 10.2 Å². The Morgan fingerprint density at radius 1 is 1.33 bits per heavy atom. The molecule has 0 radical (unpaired) electrons. The zero-order chi connectivity index (χ0) is 16.9. The normalized spacial score (nSPS) is 15.4. The molecule has 0 bridgehead atoms. The molecule has 1 aliphatic heterocycles. The van der Waals surface area contributed by atoms with Gasteiger partial charge in [0.2, 0.25) is 5.91 Å². The van der Waals surface area contributed by atoms with Crippen LogP contribution in [0, 0.1) is 0 Å². The van der Waals surface area contributed by atoms with Gasteiger partial charge in [-0.2, -0.15) is 0 Å². The van der Waals surface area contributed by atoms with Crippen molar-refractivity contribution in [1.82, 2.24) is 20.1 Å². The largest absolute Gasteiger partial charge is 0.349 e. The third-order valence-electron chi connectivity index (χ3n) is 4.16. The fourth-order valence-electron chi connectivity index (χ4n) is 2.88. The fraction of sp³-hybridized carbons (Fsp3) is 0.471. The van der Waals surface area contributed by atoms with Crippen LogP contribution in [0.3, 0.4) is 0 Å². The number of benzene rings is 1. The molecule has 1 atom stereocenters. The Morgan fingerprint density at radius 3 is 3.00 bits per heavy atom. The van der Waals surface area contributed by atoms with Gasteiger partial charge in [0.1, 0.15) is 5.82 Å². The van der Waals surface area contributed by atoms with E-state index in [0.717, 1.165) is 35.9 Å². The van der Waals surface area contributed by atoms with E-state index in [0.29, 0.717) is 10.8 Å². The Morgan fingerprint density at radius 2 is 2.17 bits per heavy atom. The minimum atomic E-state index is -0.123. The smallest absolute Gasteiger partial charge is 0.230 e. The van der Waals surface area contributed by atoms with E-state index in [1.54, 1.807) is 0 Å². The minimum Gasteiger partial charge on any atom is -0.349 e. The van der Waals surface area contributed by atoms with E-state index < -0.39 is 0 Å². The number of carbonyl (C=O) groups excluding carboxylic acids is 1. The zero-order valence-corrected chi connectivity index (χ0v) is 15.2. The number of nitrogens with one attached hydrogen (secondary N) is 1. The number of aryl methyl sites for hydroxylation is 1. The van der Waals surface area contributed by atoms with Crippen molar-refractivity contribution in [3.05, 3.63) is 40.7 Å². The lowest BCUT2D eigenvalue weighted by Crippen LogP contribution is -2.28. The molecule has 2 aromatic rings. The quantitative estimate of drug-likeness (QED) is 0.823. The van der Waals surface area contributed by atoms with Crippen molar-refractivity contribution in [2.24, 2.45) is 0 Å². The number of halogens is 1. The van der Waals surface area contributed by atoms with Crippen molar-refractivity contribution in [3.8, 4) is 0 Å². The third kappa shape index (κ3) is 4.11. The zero-order valence-electron chi connectivity index (χ0n) is 13.7. The van der Waals surface area contributed by atoms with Crippen LogP contribution in [0.1, 0.15) is 43.6 Å². The molecular weight excluding hydrogens is 344 g/mol. The third-order valence-corrected chi connectivity index (χ3v) is 5.47. The highest BCUT2D eigenvalue weighted by atomic mass is 35.5. The number of aromatic nitrogens is 3. The van der Waals surface area contributed by atoms with E-state index in [1.807, 2.05) is 31.2 Å². The Hall–Kier alpha value is -1.53. The number of fused-ring (bicyclic) bond motifs is 1. The summed E-state index contributed by atoms with van der Waals surface area (Å²) in [7, 11) is 0. The first-order valence-electron chi connectivity index (χ1n) is 8.24. The molecule has 128 valence electrons. The predicted molar refractivity (Wildman–Crippen MR) is 96.3 cm³/mol. The maximum atomic E-state index is 12.2. The molecule has 7 heteroatoms. The summed E-state index contributed by atoms with van der Waals surface area (Å²) in [6.45, 7) is 2.88. The van der Waals surface area contributed by atoms with Crippen LogP contribution >= 0.6 is 23.4 Å². The average molecular weight is 365 g/mol. The van der Waals surface area contributed by atoms with Crippen LogP contribution in [0.25, 0.3) is 0 Å². The van der Waals surface area contributed by atoms with Crippen LogP contribution < -0.4 is 5.32 Å². The number of rotatable bonds is 5. The second-order valence-electron chi connectivity index (χ2n) is 5.96. The van der Waals surface area contributed by atoms with E-state index in [9.17, 15) is 4.79 Å². The molecular formula is C17H21ClN4OS. The predicted octanol–water partition coefficient (Wildman–Crippen LogP) is 3.63. The number of hydrogen-bond donors (Lipinski definition) is 1. The molecule has 1 amide bonds. The molecule has 1 aromatic carbocycles. The van der Waals surface area contributed by atoms with E-state index in [2.05, 4.69) is 20.1 Å². The van der Waals surface area contributed by atoms with Crippen molar-refractivity contribution in [2.75, 3.05) is 5.75 Å². The van der Waals surface area contributed by atoms with Crippen LogP contribution in [0.2, 0.25) is 5.02 Å². The Bertz CT molecular complexity index is 718. The standard InChI is InChI=1S/C17H21ClN4OS/c1-12(13-7-4-5-8-14(13)18)19-16(23)11-24-17-21-20-15-9-3-2-6-10-22(15)17/h4-5,7-8,12H,2-3,6,9-11H2,1H3,(H,19,23). The van der Waals surface area contributed by atoms with Gasteiger partial charge in [-0.25, -0.2) is 0 Å². The summed E-state index contributed by atoms with van der Waals surface area (Å²) in [4.78, 5) is 12.2. The van der Waals surface area contributed by atoms with E-state index in [1.165, 1.54) is 24.6 Å². The van der Waals surface area contributed by atoms with E-state index in [4.69, 9.17) is 11.6 Å². The molecule has 24 heavy (non-hydrogen) atoms. The molecule has 2 heterocycles. The van der Waals surface area contributed by atoms with Gasteiger partial charge in [0.25, 0.3) is 0 Å². The Balaban J connectivity index is 1.56. The van der Waals surface area contributed by atoms with Crippen LogP contribution in [0.4, 0.5) is 0 Å². The van der Waals surface area contributed by atoms with Gasteiger partial charge in [0.15, 0.2) is 5.16 Å². The molecule has 1 aromatic heterocycles. The topological polar surface area (TPSA) is 59.8 Å². The lowest BCUT2D eigenvalue weighted by atomic mass is 10.1. The highest BCUT2D eigenvalue weighted by molar-refractivity contribution is 7.99. The summed E-state index contributed by atoms with van der Waals surface area (Å²) in [5.41, 5.74) is 0.925. The molecule has 0 spiro atoms. The first-order chi connectivity index (χ1) is 11.6. The van der Waals surface area contributed by atoms with E-state index in [-0.39, 0.29) is 11.9 Å². The summed E-state index contributed by atoms with van der Waals surface area (Å²) in [5.74, 6) is 1.34. The summed E-state index contributed by atoms with van der Waals surface area (Å²) in [5, 5.41) is 13.0. The summed E-state index contributed by atoms with van der Waals surface area (Å²) >= 11 is 7.62. The Labute approximate surface area is 151 Å². The molecule has 0 saturated carbocycles. The number of amides is 1. The Kier molecular flexibility index (Phi) is 5.79. The lowest BCUT2D eigenvalue weighted by molar-refractivity contribution is -0.119. The van der Waals surface area contributed by atoms with Crippen molar-refractivity contribution in [1.29, 1.82) is 0 Å². The summed E-state index contributed by atoms with van der Waals surface area (Å²) < 4.78 is 2.16. The second kappa shape index (κ2) is 8.03. The fourth-order valence-corrected chi connectivity index (χ4v) is 3.98. The van der Waals surface area contributed by atoms with Gasteiger partial charge in [0.05, 0.1) is 11.8 Å². The monoisotopic (exact) mass is 364 g/mol. The maximum Gasteiger partial charge on any atom is 0.230 e. The van der Waals surface area contributed by atoms with Gasteiger partial charge in [-0.3, -0.25) is 4.79 Å². The average Bonchev–Trinajstić information content (AvgIpc) is 2.80. The SMILES string of the molecule is CC(NC(=O)CSc1nnc2n1CCCCC2)c1ccccc1Cl. The summed E-state index contributed by atoms with van der Waals surface area (Å²) in [6.07, 6.45) is 4.51. The number of nitrogens with zero attached hydrogens (tertiary/aromatic N) is 3. The highest BCUT2D eigenvalue weighted by Crippen LogP contribution is 2.24. The first-order valence-corrected chi connectivity index (χ1v) is 9.60. The lowest BCUT2D eigenvalue weighted by Gasteiger charge is -2.15. The molecule has 1 N–H and O–H groups in total. The molecule has 0 aliphatic carbocycles. The van der Waals surface area contributed by atoms with Crippen LogP contribution in [0.5, 0.6) is 0 Å². The molecule has 1 unspecified atom stereocenters. The maximum absolute atomic E-state index is 12.2. The molecule has 0 saturated heterocycles. The van der Waals surface area contributed by atoms with Gasteiger partial charge in [-0.05, 0) is 31.4 Å². The van der Waals surface area contributed by atoms with Crippen molar-refractivity contribution in [2.45, 2.75) is 50.4 Å². The number of carbonyl (C=O) groups is 1. The van der Waals surface area contributed by atoms with Crippen molar-refractivity contribution in [3.63, 3.8) is 0 Å². The van der Waals surface area contributed by atoms with E-state index >= 15 is 0 Å². The van der Waals surface area contributed by atoms with Gasteiger partial charge < -0.3 is 9.88 Å². The summed E-state index contributed by atoms with van der Waals surface area (Å²) in [6, 6.07) is 7.44. The first kappa shape index (κ1) is 17.3. The van der Waals surface area contributed by atoms with Crippen LogP contribution in [-0.2, 0) is 17.8 Å². The van der Waals surface area contributed by atoms with Gasteiger partial charge >= 0.3 is 0 Å². The molecule has 5 nitrogen and oxygen atoms in total. The van der Waals surface area contributed by atoms with Gasteiger partial charge in [0, 0.05) is 18.0 Å². The molecule has 0 fully saturated rings. The number of thioether (sulfide) groups is 1. The van der Waals surface area contributed by atoms with Crippen molar-refractivity contribution < 1.29 is 4.79 Å².